The molecule has 2 fully saturated rings. The minimum atomic E-state index is 0.129. The normalized spacial score (nSPS) is 16.1. The molecule has 3 aromatic rings. The fourth-order valence-electron chi connectivity index (χ4n) is 3.67. The Kier molecular flexibility index (Phi) is 6.36. The number of hydrogen-bond acceptors (Lipinski definition) is 6. The molecule has 2 heterocycles. The van der Waals surface area contributed by atoms with Gasteiger partial charge in [-0.15, -0.1) is 0 Å². The SMILES string of the molecule is O=C(Nc1ccc(Sc2ccnc(Cc3ccc(N4CCOCC4)cc3)n2)cc1)C1CC1. The molecule has 2 aromatic carbocycles. The summed E-state index contributed by atoms with van der Waals surface area (Å²) in [6.07, 6.45) is 4.53. The van der Waals surface area contributed by atoms with E-state index in [0.717, 1.165) is 60.6 Å². The maximum atomic E-state index is 11.9. The zero-order valence-electron chi connectivity index (χ0n) is 17.9. The van der Waals surface area contributed by atoms with Crippen LogP contribution in [-0.4, -0.2) is 42.2 Å². The first-order valence-corrected chi connectivity index (χ1v) is 11.9. The maximum absolute atomic E-state index is 11.9. The highest BCUT2D eigenvalue weighted by Gasteiger charge is 2.29. The van der Waals surface area contributed by atoms with Crippen molar-refractivity contribution in [2.24, 2.45) is 5.92 Å². The molecule has 7 heteroatoms. The van der Waals surface area contributed by atoms with Crippen molar-refractivity contribution >= 4 is 29.0 Å². The molecule has 1 saturated heterocycles. The largest absolute Gasteiger partial charge is 0.378 e. The predicted molar refractivity (Wildman–Crippen MR) is 126 cm³/mol. The number of carbonyl (C=O) groups is 1. The van der Waals surface area contributed by atoms with Crippen LogP contribution in [0.2, 0.25) is 0 Å². The molecule has 1 saturated carbocycles. The van der Waals surface area contributed by atoms with Crippen molar-refractivity contribution in [1.29, 1.82) is 0 Å². The summed E-state index contributed by atoms with van der Waals surface area (Å²) in [5.41, 5.74) is 3.27. The molecular formula is C25H26N4O2S. The van der Waals surface area contributed by atoms with Gasteiger partial charge in [0.05, 0.1) is 13.2 Å². The van der Waals surface area contributed by atoms with E-state index in [2.05, 4.69) is 39.5 Å². The van der Waals surface area contributed by atoms with Gasteiger partial charge in [0, 0.05) is 47.9 Å². The third-order valence-electron chi connectivity index (χ3n) is 5.65. The lowest BCUT2D eigenvalue weighted by Crippen LogP contribution is -2.36. The summed E-state index contributed by atoms with van der Waals surface area (Å²) in [6, 6.07) is 18.5. The lowest BCUT2D eigenvalue weighted by molar-refractivity contribution is -0.117. The number of anilines is 2. The molecule has 1 aromatic heterocycles. The second-order valence-corrected chi connectivity index (χ2v) is 9.24. The number of carbonyl (C=O) groups excluding carboxylic acids is 1. The van der Waals surface area contributed by atoms with Crippen LogP contribution >= 0.6 is 11.8 Å². The van der Waals surface area contributed by atoms with E-state index in [-0.39, 0.29) is 11.8 Å². The Balaban J connectivity index is 1.19. The van der Waals surface area contributed by atoms with Crippen molar-refractivity contribution < 1.29 is 9.53 Å². The van der Waals surface area contributed by atoms with Gasteiger partial charge in [0.2, 0.25) is 5.91 Å². The summed E-state index contributed by atoms with van der Waals surface area (Å²) in [5.74, 6) is 1.14. The number of benzene rings is 2. The molecule has 0 atom stereocenters. The van der Waals surface area contributed by atoms with Crippen LogP contribution in [0.4, 0.5) is 11.4 Å². The molecule has 1 N–H and O–H groups in total. The second-order valence-electron chi connectivity index (χ2n) is 8.14. The summed E-state index contributed by atoms with van der Waals surface area (Å²) >= 11 is 1.60. The van der Waals surface area contributed by atoms with Gasteiger partial charge in [-0.25, -0.2) is 9.97 Å². The molecule has 0 unspecified atom stereocenters. The zero-order chi connectivity index (χ0) is 21.8. The van der Waals surface area contributed by atoms with Crippen molar-refractivity contribution in [2.45, 2.75) is 29.2 Å². The molecule has 1 aliphatic heterocycles. The van der Waals surface area contributed by atoms with Crippen molar-refractivity contribution in [1.82, 2.24) is 9.97 Å². The Morgan fingerprint density at radius 2 is 1.78 bits per heavy atom. The van der Waals surface area contributed by atoms with Crippen LogP contribution in [0.25, 0.3) is 0 Å². The number of ether oxygens (including phenoxy) is 1. The van der Waals surface area contributed by atoms with Crippen LogP contribution in [0.5, 0.6) is 0 Å². The van der Waals surface area contributed by atoms with Gasteiger partial charge in [0.1, 0.15) is 10.9 Å². The highest BCUT2D eigenvalue weighted by atomic mass is 32.2. The molecule has 164 valence electrons. The molecule has 0 radical (unpaired) electrons. The van der Waals surface area contributed by atoms with Crippen LogP contribution in [0.1, 0.15) is 24.2 Å². The van der Waals surface area contributed by atoms with Crippen LogP contribution < -0.4 is 10.2 Å². The van der Waals surface area contributed by atoms with E-state index in [1.165, 1.54) is 11.3 Å². The van der Waals surface area contributed by atoms with E-state index in [1.54, 1.807) is 11.8 Å². The lowest BCUT2D eigenvalue weighted by Gasteiger charge is -2.28. The highest BCUT2D eigenvalue weighted by molar-refractivity contribution is 7.99. The van der Waals surface area contributed by atoms with Gasteiger partial charge in [0.25, 0.3) is 0 Å². The molecule has 0 spiro atoms. The van der Waals surface area contributed by atoms with Crippen molar-refractivity contribution in [3.63, 3.8) is 0 Å². The summed E-state index contributed by atoms with van der Waals surface area (Å²) < 4.78 is 5.43. The number of nitrogens with zero attached hydrogens (tertiary/aromatic N) is 3. The standard InChI is InChI=1S/C25H26N4O2S/c30-25(19-3-4-19)27-20-5-9-22(10-6-20)32-24-11-12-26-23(28-24)17-18-1-7-21(8-2-18)29-13-15-31-16-14-29/h1-2,5-12,19H,3-4,13-17H2,(H,27,30). The summed E-state index contributed by atoms with van der Waals surface area (Å²) in [4.78, 5) is 24.5. The molecule has 0 bridgehead atoms. The Morgan fingerprint density at radius 1 is 1.03 bits per heavy atom. The predicted octanol–water partition coefficient (Wildman–Crippen LogP) is 4.40. The molecule has 1 amide bonds. The first-order chi connectivity index (χ1) is 15.7. The van der Waals surface area contributed by atoms with Gasteiger partial charge < -0.3 is 15.0 Å². The number of hydrogen-bond donors (Lipinski definition) is 1. The fraction of sp³-hybridized carbons (Fsp3) is 0.320. The Labute approximate surface area is 192 Å². The van der Waals surface area contributed by atoms with Crippen molar-refractivity contribution in [3.8, 4) is 0 Å². The van der Waals surface area contributed by atoms with Crippen LogP contribution in [0.15, 0.2) is 70.7 Å². The third-order valence-corrected chi connectivity index (χ3v) is 6.59. The number of rotatable bonds is 7. The average Bonchev–Trinajstić information content (AvgIpc) is 3.68. The first kappa shape index (κ1) is 21.0. The third kappa shape index (κ3) is 5.47. The van der Waals surface area contributed by atoms with E-state index in [1.807, 2.05) is 36.5 Å². The Hall–Kier alpha value is -2.90. The zero-order valence-corrected chi connectivity index (χ0v) is 18.7. The van der Waals surface area contributed by atoms with Gasteiger partial charge in [0.15, 0.2) is 0 Å². The lowest BCUT2D eigenvalue weighted by atomic mass is 10.1. The van der Waals surface area contributed by atoms with E-state index < -0.39 is 0 Å². The monoisotopic (exact) mass is 446 g/mol. The Bertz CT molecular complexity index is 1060. The van der Waals surface area contributed by atoms with Crippen LogP contribution in [0.3, 0.4) is 0 Å². The van der Waals surface area contributed by atoms with E-state index in [0.29, 0.717) is 6.42 Å². The molecule has 1 aliphatic carbocycles. The summed E-state index contributed by atoms with van der Waals surface area (Å²) in [7, 11) is 0. The van der Waals surface area contributed by atoms with Crippen LogP contribution in [-0.2, 0) is 16.0 Å². The quantitative estimate of drug-likeness (QED) is 0.543. The Morgan fingerprint density at radius 3 is 2.50 bits per heavy atom. The summed E-state index contributed by atoms with van der Waals surface area (Å²) in [5, 5.41) is 3.88. The minimum Gasteiger partial charge on any atom is -0.378 e. The first-order valence-electron chi connectivity index (χ1n) is 11.1. The van der Waals surface area contributed by atoms with E-state index in [4.69, 9.17) is 9.72 Å². The number of amides is 1. The number of morpholine rings is 1. The van der Waals surface area contributed by atoms with Gasteiger partial charge in [-0.3, -0.25) is 4.79 Å². The van der Waals surface area contributed by atoms with Gasteiger partial charge >= 0.3 is 0 Å². The smallest absolute Gasteiger partial charge is 0.227 e. The molecular weight excluding hydrogens is 420 g/mol. The number of aromatic nitrogens is 2. The van der Waals surface area contributed by atoms with Gasteiger partial charge in [-0.05, 0) is 60.9 Å². The van der Waals surface area contributed by atoms with Crippen molar-refractivity contribution in [3.05, 3.63) is 72.2 Å². The average molecular weight is 447 g/mol. The molecule has 2 aliphatic rings. The van der Waals surface area contributed by atoms with Crippen molar-refractivity contribution in [2.75, 3.05) is 36.5 Å². The molecule has 5 rings (SSSR count). The fourth-order valence-corrected chi connectivity index (χ4v) is 4.46. The molecule has 6 nitrogen and oxygen atoms in total. The highest BCUT2D eigenvalue weighted by Crippen LogP contribution is 2.31. The van der Waals surface area contributed by atoms with Gasteiger partial charge in [-0.1, -0.05) is 23.9 Å². The van der Waals surface area contributed by atoms with E-state index >= 15 is 0 Å². The summed E-state index contributed by atoms with van der Waals surface area (Å²) in [6.45, 7) is 3.46. The molecule has 32 heavy (non-hydrogen) atoms. The second kappa shape index (κ2) is 9.71. The van der Waals surface area contributed by atoms with Gasteiger partial charge in [-0.2, -0.15) is 0 Å². The minimum absolute atomic E-state index is 0.129. The number of nitrogens with one attached hydrogen (secondary N) is 1. The van der Waals surface area contributed by atoms with Crippen LogP contribution in [0, 0.1) is 5.92 Å². The topological polar surface area (TPSA) is 67.4 Å². The van der Waals surface area contributed by atoms with E-state index in [9.17, 15) is 4.79 Å². The maximum Gasteiger partial charge on any atom is 0.227 e.